The molecule has 8 aliphatic rings. The minimum Gasteiger partial charge on any atom is -0.477 e. The Labute approximate surface area is 542 Å². The standard InChI is InChI=1S/C56H97NO38/c1-15-19(5)83-24(10-61)43(31(15)67)90-49-17(3)32(68)45(26(12-63)86-49)92-53-42(78)47(37(73)28(89-53)13-81-51-41(77)38(74)35(71)22(8-59)84-51)93-54-48(39(75)36(72)23(9-60)85-54)94-50-18(4)33(69)44(25(11-62)87-50)91-52-40(76)30(66)16(2)27(88-52)14-82-56(55(79)80)6-20(64)29(57)46(95-56)34(70)21(65)7-58/h15-54,58-78H,6-14,57H2,1-5H3,(H,79,80)/t15-,16+,17+,18+,19+,20-,21?,22?,23-,24?,25?,26?,27?,28?,29-,30?,31?,32?,33?,34?,35-,36-,37-,38?,39?,40+,41-,42-,43-,44+,45-,46?,47?,48?,49+,50+,51+,52+,53+,54-,56-/m1/s1. The summed E-state index contributed by atoms with van der Waals surface area (Å²) in [4.78, 5) is 12.8. The van der Waals surface area contributed by atoms with Gasteiger partial charge in [-0.2, -0.15) is 0 Å². The molecule has 39 heteroatoms. The first-order valence-electron chi connectivity index (χ1n) is 31.5. The zero-order valence-corrected chi connectivity index (χ0v) is 52.4. The minimum absolute atomic E-state index is 0.497. The summed E-state index contributed by atoms with van der Waals surface area (Å²) in [7, 11) is 0. The summed E-state index contributed by atoms with van der Waals surface area (Å²) in [5, 5.41) is 240. The van der Waals surface area contributed by atoms with Gasteiger partial charge in [-0.3, -0.25) is 0 Å². The second kappa shape index (κ2) is 33.4. The Morgan fingerprint density at radius 3 is 1.39 bits per heavy atom. The molecule has 0 amide bonds. The summed E-state index contributed by atoms with van der Waals surface area (Å²) in [6.07, 6.45) is -62.4. The van der Waals surface area contributed by atoms with Crippen LogP contribution in [0.4, 0.5) is 0 Å². The molecule has 95 heavy (non-hydrogen) atoms. The van der Waals surface area contributed by atoms with E-state index in [9.17, 15) is 117 Å². The number of ether oxygens (including phenoxy) is 15. The Bertz CT molecular complexity index is 2360. The van der Waals surface area contributed by atoms with E-state index >= 15 is 0 Å². The fourth-order valence-electron chi connectivity index (χ4n) is 12.9. The van der Waals surface area contributed by atoms with Crippen LogP contribution in [0.2, 0.25) is 0 Å². The molecule has 41 atom stereocenters. The van der Waals surface area contributed by atoms with Crippen molar-refractivity contribution in [3.63, 3.8) is 0 Å². The van der Waals surface area contributed by atoms with Crippen LogP contribution in [0.25, 0.3) is 0 Å². The van der Waals surface area contributed by atoms with Crippen LogP contribution < -0.4 is 5.73 Å². The molecule has 554 valence electrons. The largest absolute Gasteiger partial charge is 0.477 e. The molecule has 39 nitrogen and oxygen atoms in total. The van der Waals surface area contributed by atoms with Gasteiger partial charge in [0.25, 0.3) is 5.79 Å². The molecule has 0 aromatic rings. The number of carboxylic acid groups (broad SMARTS) is 1. The van der Waals surface area contributed by atoms with Gasteiger partial charge in [0.2, 0.25) is 0 Å². The first-order chi connectivity index (χ1) is 44.8. The summed E-state index contributed by atoms with van der Waals surface area (Å²) in [6, 6.07) is -1.49. The van der Waals surface area contributed by atoms with E-state index < -0.39 is 316 Å². The molecule has 0 aliphatic carbocycles. The number of rotatable bonds is 25. The highest BCUT2D eigenvalue weighted by molar-refractivity contribution is 5.76. The molecule has 0 saturated carbocycles. The average Bonchev–Trinajstić information content (AvgIpc) is 0.779. The fraction of sp³-hybridized carbons (Fsp3) is 0.982. The number of nitrogens with two attached hydrogens (primary N) is 1. The van der Waals surface area contributed by atoms with Crippen LogP contribution in [0.1, 0.15) is 41.0 Å². The summed E-state index contributed by atoms with van der Waals surface area (Å²) >= 11 is 0. The van der Waals surface area contributed by atoms with Gasteiger partial charge in [0, 0.05) is 30.1 Å². The molecule has 24 N–H and O–H groups in total. The normalized spacial score (nSPS) is 51.6. The lowest BCUT2D eigenvalue weighted by molar-refractivity contribution is -0.400. The Hall–Kier alpha value is -2.01. The molecule has 0 spiro atoms. The van der Waals surface area contributed by atoms with Gasteiger partial charge in [-0.1, -0.05) is 27.7 Å². The maximum Gasteiger partial charge on any atom is 0.364 e. The molecule has 0 bridgehead atoms. The number of carbonyl (C=O) groups is 1. The summed E-state index contributed by atoms with van der Waals surface area (Å²) in [5.74, 6) is -8.71. The number of aliphatic carboxylic acids is 1. The Morgan fingerprint density at radius 2 is 0.863 bits per heavy atom. The van der Waals surface area contributed by atoms with E-state index in [0.717, 1.165) is 0 Å². The lowest BCUT2D eigenvalue weighted by Crippen LogP contribution is -2.68. The number of hydrogen-bond acceptors (Lipinski definition) is 38. The molecular formula is C56H97NO38. The monoisotopic (exact) mass is 1390 g/mol. The van der Waals surface area contributed by atoms with E-state index in [4.69, 9.17) is 76.8 Å². The van der Waals surface area contributed by atoms with Crippen molar-refractivity contribution in [2.75, 3.05) is 52.9 Å². The molecule has 0 aromatic carbocycles. The lowest BCUT2D eigenvalue weighted by atomic mass is 9.88. The minimum atomic E-state index is -2.80. The second-order valence-electron chi connectivity index (χ2n) is 25.8. The quantitative estimate of drug-likeness (QED) is 0.0404. The van der Waals surface area contributed by atoms with Gasteiger partial charge in [0.05, 0.1) is 102 Å². The van der Waals surface area contributed by atoms with Gasteiger partial charge in [-0.15, -0.1) is 0 Å². The van der Waals surface area contributed by atoms with E-state index in [0.29, 0.717) is 0 Å². The first kappa shape index (κ1) is 78.7. The van der Waals surface area contributed by atoms with Crippen molar-refractivity contribution in [3.05, 3.63) is 0 Å². The third-order valence-electron chi connectivity index (χ3n) is 19.5. The number of carboxylic acids is 1. The van der Waals surface area contributed by atoms with Gasteiger partial charge in [0.1, 0.15) is 134 Å². The Balaban J connectivity index is 1.01. The topological polar surface area (TPSA) is 627 Å². The highest BCUT2D eigenvalue weighted by Crippen LogP contribution is 2.41. The van der Waals surface area contributed by atoms with Crippen LogP contribution in [-0.2, 0) is 75.8 Å². The van der Waals surface area contributed by atoms with Crippen molar-refractivity contribution in [3.8, 4) is 0 Å². The van der Waals surface area contributed by atoms with Crippen LogP contribution in [-0.4, -0.2) is 398 Å². The molecule has 8 rings (SSSR count). The fourth-order valence-corrected chi connectivity index (χ4v) is 12.9. The van der Waals surface area contributed by atoms with Gasteiger partial charge in [0.15, 0.2) is 37.7 Å². The molecule has 8 fully saturated rings. The zero-order chi connectivity index (χ0) is 70.1. The highest BCUT2D eigenvalue weighted by atomic mass is 16.8. The van der Waals surface area contributed by atoms with Crippen molar-refractivity contribution >= 4 is 5.97 Å². The van der Waals surface area contributed by atoms with Crippen molar-refractivity contribution in [2.24, 2.45) is 29.4 Å². The molecular weight excluding hydrogens is 1290 g/mol. The molecule has 8 heterocycles. The smallest absolute Gasteiger partial charge is 0.364 e. The summed E-state index contributed by atoms with van der Waals surface area (Å²) in [5.41, 5.74) is 5.97. The zero-order valence-electron chi connectivity index (χ0n) is 52.4. The van der Waals surface area contributed by atoms with Gasteiger partial charge in [-0.25, -0.2) is 4.79 Å². The number of aliphatic hydroxyl groups is 21. The summed E-state index contributed by atoms with van der Waals surface area (Å²) < 4.78 is 89.0. The van der Waals surface area contributed by atoms with E-state index in [-0.39, 0.29) is 0 Å². The van der Waals surface area contributed by atoms with Crippen molar-refractivity contribution < 1.29 is 188 Å². The first-order valence-corrected chi connectivity index (χ1v) is 31.5. The van der Waals surface area contributed by atoms with Gasteiger partial charge < -0.3 is 189 Å². The van der Waals surface area contributed by atoms with Gasteiger partial charge >= 0.3 is 5.97 Å². The van der Waals surface area contributed by atoms with Crippen molar-refractivity contribution in [2.45, 2.75) is 268 Å². The second-order valence-corrected chi connectivity index (χ2v) is 25.8. The van der Waals surface area contributed by atoms with Crippen LogP contribution >= 0.6 is 0 Å². The van der Waals surface area contributed by atoms with Crippen molar-refractivity contribution in [1.82, 2.24) is 0 Å². The predicted octanol–water partition coefficient (Wildman–Crippen LogP) is -13.1. The number of aliphatic hydroxyl groups excluding tert-OH is 21. The SMILES string of the molecule is C[C@H]1C(CO[C@]2(C(=O)O)C[C@@H](O)[C@@H](N)C(C(O)C(O)CO)O2)O[C@@H](O[C@H]2C(CO)O[C@@H](OC3C(O)[C@H](O)[C@@H](CO)O[C@@H]3OC3[C@H](O)C(CO[C@H]4OC(CO)[C@@H](O)C(O)[C@H]4O)O[C@@H](O[C@@H]4C(CO)O[C@@H](O[C@@H]5C(CO)O[C@@H](C)[C@@H](C)C5O)[C@@H](C)C4O)[C@@H]3O)[C@@H](C)C2O)[C@@H](O)C1O. The van der Waals surface area contributed by atoms with Crippen LogP contribution in [0.5, 0.6) is 0 Å². The van der Waals surface area contributed by atoms with E-state index in [2.05, 4.69) is 0 Å². The average molecular weight is 1390 g/mol. The maximum absolute atomic E-state index is 12.8. The third-order valence-corrected chi connectivity index (χ3v) is 19.5. The molecule has 8 aliphatic heterocycles. The van der Waals surface area contributed by atoms with E-state index in [1.807, 2.05) is 0 Å². The molecule has 17 unspecified atom stereocenters. The van der Waals surface area contributed by atoms with Gasteiger partial charge in [-0.05, 0) is 6.92 Å². The van der Waals surface area contributed by atoms with Crippen LogP contribution in [0, 0.1) is 23.7 Å². The Kier molecular flexibility index (Phi) is 27.7. The molecule has 0 aromatic heterocycles. The van der Waals surface area contributed by atoms with Crippen LogP contribution in [0.15, 0.2) is 0 Å². The predicted molar refractivity (Wildman–Crippen MR) is 300 cm³/mol. The summed E-state index contributed by atoms with van der Waals surface area (Å²) in [6.45, 7) is 0.351. The molecule has 8 saturated heterocycles. The maximum atomic E-state index is 12.8. The molecule has 0 radical (unpaired) electrons. The Morgan fingerprint density at radius 1 is 0.432 bits per heavy atom. The van der Waals surface area contributed by atoms with E-state index in [1.165, 1.54) is 20.8 Å². The van der Waals surface area contributed by atoms with Crippen molar-refractivity contribution in [1.29, 1.82) is 0 Å². The lowest BCUT2D eigenvalue weighted by Gasteiger charge is -2.51. The third kappa shape index (κ3) is 16.4. The number of hydrogen-bond donors (Lipinski definition) is 23. The van der Waals surface area contributed by atoms with E-state index in [1.54, 1.807) is 13.8 Å². The highest BCUT2D eigenvalue weighted by Gasteiger charge is 2.60. The van der Waals surface area contributed by atoms with Crippen LogP contribution in [0.3, 0.4) is 0 Å².